The minimum atomic E-state index is -0.0704. The van der Waals surface area contributed by atoms with Crippen molar-refractivity contribution >= 4 is 5.91 Å². The van der Waals surface area contributed by atoms with E-state index in [0.717, 1.165) is 13.0 Å². The van der Waals surface area contributed by atoms with E-state index in [2.05, 4.69) is 15.5 Å². The van der Waals surface area contributed by atoms with Crippen LogP contribution in [-0.4, -0.2) is 39.6 Å². The third-order valence-corrected chi connectivity index (χ3v) is 2.73. The average Bonchev–Trinajstić information content (AvgIpc) is 2.79. The second-order valence-corrected chi connectivity index (χ2v) is 4.66. The Kier molecular flexibility index (Phi) is 3.42. The van der Waals surface area contributed by atoms with Crippen LogP contribution in [0.5, 0.6) is 0 Å². The van der Waals surface area contributed by atoms with E-state index < -0.39 is 0 Å². The summed E-state index contributed by atoms with van der Waals surface area (Å²) in [6.45, 7) is 7.00. The van der Waals surface area contributed by atoms with Crippen LogP contribution in [0.15, 0.2) is 4.52 Å². The summed E-state index contributed by atoms with van der Waals surface area (Å²) >= 11 is 0. The highest BCUT2D eigenvalue weighted by Gasteiger charge is 2.32. The lowest BCUT2D eigenvalue weighted by Crippen LogP contribution is -2.41. The van der Waals surface area contributed by atoms with E-state index in [1.54, 1.807) is 11.8 Å². The molecule has 17 heavy (non-hydrogen) atoms. The SMILES string of the molecule is Cc1noc(CN2CCC(NC(C)C)C2=O)n1. The minimum Gasteiger partial charge on any atom is -0.337 e. The van der Waals surface area contributed by atoms with Crippen molar-refractivity contribution in [1.82, 2.24) is 20.4 Å². The fourth-order valence-corrected chi connectivity index (χ4v) is 2.02. The molecule has 6 heteroatoms. The van der Waals surface area contributed by atoms with Crippen LogP contribution in [-0.2, 0) is 11.3 Å². The molecule has 1 aliphatic rings. The van der Waals surface area contributed by atoms with Gasteiger partial charge in [-0.1, -0.05) is 19.0 Å². The molecule has 2 heterocycles. The van der Waals surface area contributed by atoms with Crippen LogP contribution in [0.1, 0.15) is 32.0 Å². The first-order valence-corrected chi connectivity index (χ1v) is 5.90. The zero-order valence-electron chi connectivity index (χ0n) is 10.4. The summed E-state index contributed by atoms with van der Waals surface area (Å²) in [5.74, 6) is 1.22. The molecule has 0 radical (unpaired) electrons. The van der Waals surface area contributed by atoms with Crippen LogP contribution < -0.4 is 5.32 Å². The van der Waals surface area contributed by atoms with E-state index >= 15 is 0 Å². The standard InChI is InChI=1S/C11H18N4O2/c1-7(2)12-9-4-5-15(11(9)16)6-10-13-8(3)14-17-10/h7,9,12H,4-6H2,1-3H3. The zero-order chi connectivity index (χ0) is 12.4. The second-order valence-electron chi connectivity index (χ2n) is 4.66. The number of rotatable bonds is 4. The summed E-state index contributed by atoms with van der Waals surface area (Å²) in [6, 6.07) is 0.244. The van der Waals surface area contributed by atoms with E-state index in [0.29, 0.717) is 24.3 Å². The van der Waals surface area contributed by atoms with E-state index in [-0.39, 0.29) is 11.9 Å². The molecule has 1 atom stereocenters. The lowest BCUT2D eigenvalue weighted by Gasteiger charge is -2.16. The van der Waals surface area contributed by atoms with Gasteiger partial charge in [0.15, 0.2) is 5.82 Å². The summed E-state index contributed by atoms with van der Waals surface area (Å²) in [6.07, 6.45) is 0.837. The molecule has 0 spiro atoms. The Bertz CT molecular complexity index is 402. The van der Waals surface area contributed by atoms with Gasteiger partial charge < -0.3 is 14.7 Å². The molecular weight excluding hydrogens is 220 g/mol. The fraction of sp³-hybridized carbons (Fsp3) is 0.727. The van der Waals surface area contributed by atoms with Gasteiger partial charge in [0.25, 0.3) is 0 Å². The van der Waals surface area contributed by atoms with Crippen LogP contribution >= 0.6 is 0 Å². The molecule has 0 aromatic carbocycles. The number of amides is 1. The highest BCUT2D eigenvalue weighted by atomic mass is 16.5. The van der Waals surface area contributed by atoms with Crippen LogP contribution in [0.4, 0.5) is 0 Å². The molecule has 1 aliphatic heterocycles. The fourth-order valence-electron chi connectivity index (χ4n) is 2.02. The van der Waals surface area contributed by atoms with Crippen molar-refractivity contribution in [2.45, 2.75) is 45.8 Å². The van der Waals surface area contributed by atoms with Crippen molar-refractivity contribution in [1.29, 1.82) is 0 Å². The van der Waals surface area contributed by atoms with Gasteiger partial charge in [0.05, 0.1) is 6.04 Å². The molecule has 1 amide bonds. The van der Waals surface area contributed by atoms with Crippen molar-refractivity contribution in [2.24, 2.45) is 0 Å². The Morgan fingerprint density at radius 2 is 2.35 bits per heavy atom. The number of nitrogens with one attached hydrogen (secondary N) is 1. The third-order valence-electron chi connectivity index (χ3n) is 2.73. The number of aromatic nitrogens is 2. The van der Waals surface area contributed by atoms with Gasteiger partial charge in [0.2, 0.25) is 11.8 Å². The first kappa shape index (κ1) is 12.0. The first-order valence-electron chi connectivity index (χ1n) is 5.90. The number of likely N-dealkylation sites (tertiary alicyclic amines) is 1. The van der Waals surface area contributed by atoms with E-state index in [9.17, 15) is 4.79 Å². The number of carbonyl (C=O) groups is 1. The molecule has 1 unspecified atom stereocenters. The molecule has 1 aromatic heterocycles. The summed E-state index contributed by atoms with van der Waals surface area (Å²) in [4.78, 5) is 17.9. The summed E-state index contributed by atoms with van der Waals surface area (Å²) in [5, 5.41) is 6.97. The maximum Gasteiger partial charge on any atom is 0.246 e. The molecule has 94 valence electrons. The number of nitrogens with zero attached hydrogens (tertiary/aromatic N) is 3. The zero-order valence-corrected chi connectivity index (χ0v) is 10.4. The predicted molar refractivity (Wildman–Crippen MR) is 61.1 cm³/mol. The Hall–Kier alpha value is -1.43. The molecular formula is C11H18N4O2. The predicted octanol–water partition coefficient (Wildman–Crippen LogP) is 0.477. The van der Waals surface area contributed by atoms with E-state index in [1.165, 1.54) is 0 Å². The van der Waals surface area contributed by atoms with Gasteiger partial charge in [-0.3, -0.25) is 4.79 Å². The molecule has 1 N–H and O–H groups in total. The van der Waals surface area contributed by atoms with Crippen LogP contribution in [0, 0.1) is 6.92 Å². The Morgan fingerprint density at radius 1 is 1.59 bits per heavy atom. The van der Waals surface area contributed by atoms with Gasteiger partial charge >= 0.3 is 0 Å². The summed E-state index contributed by atoms with van der Waals surface area (Å²) < 4.78 is 5.02. The molecule has 0 saturated carbocycles. The number of carbonyl (C=O) groups excluding carboxylic acids is 1. The third kappa shape index (κ3) is 2.82. The van der Waals surface area contributed by atoms with Crippen molar-refractivity contribution in [3.05, 3.63) is 11.7 Å². The van der Waals surface area contributed by atoms with Crippen molar-refractivity contribution in [2.75, 3.05) is 6.54 Å². The normalized spacial score (nSPS) is 20.6. The highest BCUT2D eigenvalue weighted by molar-refractivity contribution is 5.83. The largest absolute Gasteiger partial charge is 0.337 e. The van der Waals surface area contributed by atoms with Gasteiger partial charge in [-0.05, 0) is 13.3 Å². The highest BCUT2D eigenvalue weighted by Crippen LogP contribution is 2.14. The van der Waals surface area contributed by atoms with Gasteiger partial charge in [-0.2, -0.15) is 4.98 Å². The van der Waals surface area contributed by atoms with Gasteiger partial charge in [-0.15, -0.1) is 0 Å². The van der Waals surface area contributed by atoms with Crippen LogP contribution in [0.25, 0.3) is 0 Å². The number of hydrogen-bond acceptors (Lipinski definition) is 5. The van der Waals surface area contributed by atoms with Crippen LogP contribution in [0.3, 0.4) is 0 Å². The van der Waals surface area contributed by atoms with Crippen LogP contribution in [0.2, 0.25) is 0 Å². The maximum atomic E-state index is 12.0. The number of aryl methyl sites for hydroxylation is 1. The lowest BCUT2D eigenvalue weighted by molar-refractivity contribution is -0.130. The molecule has 1 saturated heterocycles. The molecule has 1 fully saturated rings. The molecule has 0 aliphatic carbocycles. The smallest absolute Gasteiger partial charge is 0.246 e. The van der Waals surface area contributed by atoms with Gasteiger partial charge in [0.1, 0.15) is 6.54 Å². The summed E-state index contributed by atoms with van der Waals surface area (Å²) in [5.41, 5.74) is 0. The van der Waals surface area contributed by atoms with Crippen molar-refractivity contribution < 1.29 is 9.32 Å². The van der Waals surface area contributed by atoms with E-state index in [4.69, 9.17) is 4.52 Å². The topological polar surface area (TPSA) is 71.3 Å². The maximum absolute atomic E-state index is 12.0. The molecule has 6 nitrogen and oxygen atoms in total. The van der Waals surface area contributed by atoms with E-state index in [1.807, 2.05) is 13.8 Å². The first-order chi connectivity index (χ1) is 8.06. The van der Waals surface area contributed by atoms with Crippen molar-refractivity contribution in [3.63, 3.8) is 0 Å². The minimum absolute atomic E-state index is 0.0704. The summed E-state index contributed by atoms with van der Waals surface area (Å²) in [7, 11) is 0. The molecule has 2 rings (SSSR count). The van der Waals surface area contributed by atoms with Gasteiger partial charge in [0, 0.05) is 12.6 Å². The van der Waals surface area contributed by atoms with Crippen molar-refractivity contribution in [3.8, 4) is 0 Å². The van der Waals surface area contributed by atoms with Gasteiger partial charge in [-0.25, -0.2) is 0 Å². The average molecular weight is 238 g/mol. The quantitative estimate of drug-likeness (QED) is 0.826. The Balaban J connectivity index is 1.93. The monoisotopic (exact) mass is 238 g/mol. The Morgan fingerprint density at radius 3 is 2.94 bits per heavy atom. The Labute approximate surface area is 100 Å². The number of hydrogen-bond donors (Lipinski definition) is 1. The second kappa shape index (κ2) is 4.83. The lowest BCUT2D eigenvalue weighted by atomic mass is 10.2. The molecule has 1 aromatic rings. The molecule has 0 bridgehead atoms.